The van der Waals surface area contributed by atoms with Crippen LogP contribution < -0.4 is 9.64 Å². The number of benzene rings is 1. The second-order valence-electron chi connectivity index (χ2n) is 9.85. The van der Waals surface area contributed by atoms with E-state index in [4.69, 9.17) is 19.7 Å². The van der Waals surface area contributed by atoms with Gasteiger partial charge in [-0.05, 0) is 24.6 Å². The Hall–Kier alpha value is -4.05. The Morgan fingerprint density at radius 1 is 1.23 bits per heavy atom. The third-order valence-electron chi connectivity index (χ3n) is 7.27. The van der Waals surface area contributed by atoms with Crippen molar-refractivity contribution in [1.29, 1.82) is 5.26 Å². The van der Waals surface area contributed by atoms with Gasteiger partial charge in [0.25, 0.3) is 0 Å². The number of hydrogen-bond acceptors (Lipinski definition) is 9. The number of carboxylic acids is 1. The van der Waals surface area contributed by atoms with Crippen molar-refractivity contribution in [3.63, 3.8) is 0 Å². The van der Waals surface area contributed by atoms with Crippen molar-refractivity contribution in [2.45, 2.75) is 32.1 Å². The Morgan fingerprint density at radius 2 is 2.05 bits per heavy atom. The van der Waals surface area contributed by atoms with Gasteiger partial charge in [-0.25, -0.2) is 14.2 Å². The van der Waals surface area contributed by atoms with Crippen molar-refractivity contribution in [2.24, 2.45) is 0 Å². The molecule has 12 heteroatoms. The van der Waals surface area contributed by atoms with Gasteiger partial charge in [-0.15, -0.1) is 0 Å². The lowest BCUT2D eigenvalue weighted by molar-refractivity contribution is -0.0499. The number of anilines is 1. The van der Waals surface area contributed by atoms with Crippen LogP contribution in [0, 0.1) is 17.1 Å². The lowest BCUT2D eigenvalue weighted by Gasteiger charge is -2.35. The summed E-state index contributed by atoms with van der Waals surface area (Å²) in [5, 5.41) is 18.3. The van der Waals surface area contributed by atoms with Crippen molar-refractivity contribution in [3.05, 3.63) is 75.8 Å². The standard InChI is InChI=1S/C28H27FN6O4S/c29-21-12-18(14-30)4-5-19(21)17-39-26-3-1-2-25(32-26)34-9-7-33(8-10-34)15-22-23(13-20-6-11-38-20)35-16-24(27(36)37)40-28(35)31-22/h1-5,12,16,20H,6-11,13,15,17H2,(H,36,37). The van der Waals surface area contributed by atoms with Gasteiger partial charge in [0, 0.05) is 63.6 Å². The lowest BCUT2D eigenvalue weighted by atomic mass is 10.1. The second-order valence-corrected chi connectivity index (χ2v) is 10.9. The molecule has 6 rings (SSSR count). The third kappa shape index (κ3) is 5.49. The van der Waals surface area contributed by atoms with Crippen LogP contribution in [0.2, 0.25) is 0 Å². The number of halogens is 1. The molecule has 1 unspecified atom stereocenters. The maximum absolute atomic E-state index is 14.2. The van der Waals surface area contributed by atoms with Crippen LogP contribution in [0.5, 0.6) is 5.88 Å². The fraction of sp³-hybridized carbons (Fsp3) is 0.357. The number of carbonyl (C=O) groups is 1. The van der Waals surface area contributed by atoms with Gasteiger partial charge in [-0.1, -0.05) is 23.5 Å². The largest absolute Gasteiger partial charge is 0.477 e. The zero-order valence-corrected chi connectivity index (χ0v) is 22.4. The van der Waals surface area contributed by atoms with Gasteiger partial charge in [0.05, 0.1) is 29.1 Å². The number of carboxylic acid groups (broad SMARTS) is 1. The van der Waals surface area contributed by atoms with Crippen molar-refractivity contribution >= 4 is 28.1 Å². The quantitative estimate of drug-likeness (QED) is 0.326. The first-order valence-electron chi connectivity index (χ1n) is 13.1. The van der Waals surface area contributed by atoms with Crippen LogP contribution in [0.15, 0.2) is 42.6 Å². The monoisotopic (exact) mass is 562 g/mol. The van der Waals surface area contributed by atoms with E-state index in [1.54, 1.807) is 24.4 Å². The molecule has 2 aliphatic rings. The molecule has 4 aromatic rings. The Kier molecular flexibility index (Phi) is 7.34. The van der Waals surface area contributed by atoms with Crippen LogP contribution in [0.25, 0.3) is 4.96 Å². The van der Waals surface area contributed by atoms with E-state index in [0.717, 1.165) is 62.8 Å². The molecule has 40 heavy (non-hydrogen) atoms. The molecule has 1 aromatic carbocycles. The fourth-order valence-electron chi connectivity index (χ4n) is 4.93. The van der Waals surface area contributed by atoms with Gasteiger partial charge in [0.2, 0.25) is 5.88 Å². The number of aromatic carboxylic acids is 1. The summed E-state index contributed by atoms with van der Waals surface area (Å²) >= 11 is 1.19. The predicted octanol–water partition coefficient (Wildman–Crippen LogP) is 3.73. The van der Waals surface area contributed by atoms with Crippen LogP contribution in [0.3, 0.4) is 0 Å². The number of thiazole rings is 1. The van der Waals surface area contributed by atoms with Gasteiger partial charge < -0.3 is 19.5 Å². The number of fused-ring (bicyclic) bond motifs is 1. The number of imidazole rings is 1. The molecule has 0 amide bonds. The Morgan fingerprint density at radius 3 is 2.75 bits per heavy atom. The molecule has 2 fully saturated rings. The van der Waals surface area contributed by atoms with Crippen LogP contribution in [0.4, 0.5) is 10.2 Å². The molecule has 3 aromatic heterocycles. The maximum atomic E-state index is 14.2. The predicted molar refractivity (Wildman–Crippen MR) is 145 cm³/mol. The number of hydrogen-bond donors (Lipinski definition) is 1. The summed E-state index contributed by atoms with van der Waals surface area (Å²) in [6, 6.07) is 11.8. The molecule has 1 atom stereocenters. The summed E-state index contributed by atoms with van der Waals surface area (Å²) in [7, 11) is 0. The minimum atomic E-state index is -0.941. The highest BCUT2D eigenvalue weighted by atomic mass is 32.1. The highest BCUT2D eigenvalue weighted by Crippen LogP contribution is 2.27. The number of aromatic nitrogens is 3. The summed E-state index contributed by atoms with van der Waals surface area (Å²) in [4.78, 5) is 26.4. The lowest BCUT2D eigenvalue weighted by Crippen LogP contribution is -2.46. The van der Waals surface area contributed by atoms with Gasteiger partial charge in [0.15, 0.2) is 4.96 Å². The average Bonchev–Trinajstić information content (AvgIpc) is 3.49. The second kappa shape index (κ2) is 11.2. The molecule has 2 saturated heterocycles. The Bertz CT molecular complexity index is 1590. The fourth-order valence-corrected chi connectivity index (χ4v) is 5.79. The van der Waals surface area contributed by atoms with Crippen LogP contribution in [0.1, 0.15) is 38.6 Å². The van der Waals surface area contributed by atoms with Crippen LogP contribution in [-0.2, 0) is 24.3 Å². The van der Waals surface area contributed by atoms with Crippen molar-refractivity contribution in [3.8, 4) is 11.9 Å². The zero-order valence-electron chi connectivity index (χ0n) is 21.6. The summed E-state index contributed by atoms with van der Waals surface area (Å²) < 4.78 is 27.5. The van der Waals surface area contributed by atoms with Gasteiger partial charge >= 0.3 is 5.97 Å². The van der Waals surface area contributed by atoms with E-state index in [0.29, 0.717) is 22.9 Å². The maximum Gasteiger partial charge on any atom is 0.347 e. The molecular formula is C28H27FN6O4S. The first-order chi connectivity index (χ1) is 19.5. The number of pyridine rings is 1. The molecular weight excluding hydrogens is 535 g/mol. The van der Waals surface area contributed by atoms with Gasteiger partial charge in [-0.2, -0.15) is 10.2 Å². The molecule has 0 aliphatic carbocycles. The van der Waals surface area contributed by atoms with E-state index in [1.807, 2.05) is 22.6 Å². The van der Waals surface area contributed by atoms with E-state index in [9.17, 15) is 14.3 Å². The van der Waals surface area contributed by atoms with E-state index in [-0.39, 0.29) is 23.2 Å². The molecule has 10 nitrogen and oxygen atoms in total. The van der Waals surface area contributed by atoms with Crippen LogP contribution in [-0.4, -0.2) is 69.2 Å². The minimum Gasteiger partial charge on any atom is -0.477 e. The van der Waals surface area contributed by atoms with Crippen molar-refractivity contribution in [2.75, 3.05) is 37.7 Å². The highest BCUT2D eigenvalue weighted by molar-refractivity contribution is 7.18. The molecule has 0 saturated carbocycles. The molecule has 1 N–H and O–H groups in total. The topological polar surface area (TPSA) is 116 Å². The number of nitrogens with zero attached hydrogens (tertiary/aromatic N) is 6. The molecule has 0 radical (unpaired) electrons. The average molecular weight is 563 g/mol. The molecule has 2 aliphatic heterocycles. The zero-order chi connectivity index (χ0) is 27.6. The van der Waals surface area contributed by atoms with E-state index in [2.05, 4.69) is 14.8 Å². The summed E-state index contributed by atoms with van der Waals surface area (Å²) in [5.74, 6) is -0.215. The summed E-state index contributed by atoms with van der Waals surface area (Å²) in [6.07, 6.45) is 3.54. The first-order valence-corrected chi connectivity index (χ1v) is 13.9. The Balaban J connectivity index is 1.08. The number of rotatable bonds is 9. The number of ether oxygens (including phenoxy) is 2. The van der Waals surface area contributed by atoms with Gasteiger partial charge in [-0.3, -0.25) is 9.30 Å². The molecule has 206 valence electrons. The smallest absolute Gasteiger partial charge is 0.347 e. The van der Waals surface area contributed by atoms with E-state index < -0.39 is 11.8 Å². The first kappa shape index (κ1) is 26.2. The van der Waals surface area contributed by atoms with Gasteiger partial charge in [0.1, 0.15) is 23.1 Å². The normalized spacial score (nSPS) is 17.5. The molecule has 5 heterocycles. The summed E-state index contributed by atoms with van der Waals surface area (Å²) in [5.41, 5.74) is 2.62. The molecule has 0 spiro atoms. The van der Waals surface area contributed by atoms with E-state index >= 15 is 0 Å². The highest BCUT2D eigenvalue weighted by Gasteiger charge is 2.27. The van der Waals surface area contributed by atoms with Crippen molar-refractivity contribution in [1.82, 2.24) is 19.3 Å². The SMILES string of the molecule is N#Cc1ccc(COc2cccc(N3CCN(Cc4nc5sc(C(=O)O)cn5c4CC4CCO4)CC3)n2)c(F)c1. The van der Waals surface area contributed by atoms with E-state index in [1.165, 1.54) is 17.4 Å². The Labute approximate surface area is 233 Å². The number of nitriles is 1. The summed E-state index contributed by atoms with van der Waals surface area (Å²) in [6.45, 7) is 4.63. The minimum absolute atomic E-state index is 0.0199. The third-order valence-corrected chi connectivity index (χ3v) is 8.24. The molecule has 0 bridgehead atoms. The van der Waals surface area contributed by atoms with Crippen LogP contribution >= 0.6 is 11.3 Å². The number of piperazine rings is 1. The van der Waals surface area contributed by atoms with Crippen molar-refractivity contribution < 1.29 is 23.8 Å².